The van der Waals surface area contributed by atoms with Gasteiger partial charge < -0.3 is 9.47 Å². The lowest BCUT2D eigenvalue weighted by Gasteiger charge is -2.43. The van der Waals surface area contributed by atoms with E-state index in [2.05, 4.69) is 18.7 Å². The third kappa shape index (κ3) is 3.81. The highest BCUT2D eigenvalue weighted by Crippen LogP contribution is 2.42. The minimum absolute atomic E-state index is 0.0278. The van der Waals surface area contributed by atoms with Gasteiger partial charge in [0.25, 0.3) is 0 Å². The molecule has 3 rings (SSSR count). The Bertz CT molecular complexity index is 632. The molecule has 0 aliphatic carbocycles. The number of halogens is 1. The fourth-order valence-electron chi connectivity index (χ4n) is 4.16. The topological polar surface area (TPSA) is 38.8 Å². The Labute approximate surface area is 149 Å². The Balaban J connectivity index is 1.85. The van der Waals surface area contributed by atoms with Gasteiger partial charge in [0.15, 0.2) is 11.5 Å². The molecule has 2 atom stereocenters. The number of hydrogen-bond acceptors (Lipinski definition) is 4. The molecule has 138 valence electrons. The summed E-state index contributed by atoms with van der Waals surface area (Å²) in [5.41, 5.74) is 2.35. The first-order valence-corrected chi connectivity index (χ1v) is 9.19. The maximum atomic E-state index is 12.6. The van der Waals surface area contributed by atoms with Crippen LogP contribution in [0.15, 0.2) is 12.1 Å². The lowest BCUT2D eigenvalue weighted by atomic mass is 9.80. The number of benzene rings is 1. The van der Waals surface area contributed by atoms with Crippen molar-refractivity contribution in [2.75, 3.05) is 33.5 Å². The van der Waals surface area contributed by atoms with Crippen LogP contribution in [0.2, 0.25) is 0 Å². The zero-order valence-corrected chi connectivity index (χ0v) is 15.4. The van der Waals surface area contributed by atoms with E-state index in [-0.39, 0.29) is 18.6 Å². The first-order chi connectivity index (χ1) is 12.0. The summed E-state index contributed by atoms with van der Waals surface area (Å²) in [6.45, 7) is 5.66. The van der Waals surface area contributed by atoms with Gasteiger partial charge in [0.05, 0.1) is 7.11 Å². The van der Waals surface area contributed by atoms with E-state index in [1.165, 1.54) is 5.56 Å². The number of piperidine rings is 1. The van der Waals surface area contributed by atoms with Gasteiger partial charge in [-0.05, 0) is 42.0 Å². The van der Waals surface area contributed by atoms with Gasteiger partial charge in [0, 0.05) is 31.5 Å². The number of carbonyl (C=O) groups excluding carboxylic acids is 1. The minimum atomic E-state index is -0.525. The van der Waals surface area contributed by atoms with Crippen LogP contribution in [0.3, 0.4) is 0 Å². The first-order valence-electron chi connectivity index (χ1n) is 9.19. The molecule has 2 unspecified atom stereocenters. The van der Waals surface area contributed by atoms with Crippen molar-refractivity contribution >= 4 is 5.78 Å². The highest BCUT2D eigenvalue weighted by molar-refractivity contribution is 5.83. The Morgan fingerprint density at radius 1 is 1.32 bits per heavy atom. The summed E-state index contributed by atoms with van der Waals surface area (Å²) in [6.07, 6.45) is 2.46. The smallest absolute Gasteiger partial charge is 0.161 e. The van der Waals surface area contributed by atoms with Crippen molar-refractivity contribution in [2.24, 2.45) is 11.8 Å². The van der Waals surface area contributed by atoms with E-state index in [0.717, 1.165) is 31.5 Å². The standard InChI is InChI=1S/C20H28FNO3/c1-13(2)8-15-12-22-6-4-14-9-20(25-7-5-21)19(24-3)10-16(14)17(22)11-18(15)23/h9-10,13,15,17H,4-8,11-12H2,1-3H3. The van der Waals surface area contributed by atoms with Gasteiger partial charge in [0.2, 0.25) is 0 Å². The summed E-state index contributed by atoms with van der Waals surface area (Å²) >= 11 is 0. The second-order valence-electron chi connectivity index (χ2n) is 7.50. The SMILES string of the molecule is COc1cc2c(cc1OCCF)CCN1CC(CC(C)C)C(=O)CC21. The molecule has 0 saturated carbocycles. The Kier molecular flexibility index (Phi) is 5.62. The number of ketones is 1. The predicted molar refractivity (Wildman–Crippen MR) is 95.1 cm³/mol. The molecular weight excluding hydrogens is 321 g/mol. The zero-order valence-electron chi connectivity index (χ0n) is 15.4. The van der Waals surface area contributed by atoms with E-state index >= 15 is 0 Å². The van der Waals surface area contributed by atoms with Gasteiger partial charge in [-0.15, -0.1) is 0 Å². The molecule has 0 amide bonds. The predicted octanol–water partition coefficient (Wildman–Crippen LogP) is 3.58. The molecule has 0 radical (unpaired) electrons. The minimum Gasteiger partial charge on any atom is -0.493 e. The Morgan fingerprint density at radius 2 is 2.12 bits per heavy atom. The maximum Gasteiger partial charge on any atom is 0.161 e. The summed E-state index contributed by atoms with van der Waals surface area (Å²) < 4.78 is 23.4. The van der Waals surface area contributed by atoms with Crippen molar-refractivity contribution in [1.82, 2.24) is 4.90 Å². The highest BCUT2D eigenvalue weighted by atomic mass is 19.1. The first kappa shape index (κ1) is 18.2. The molecule has 0 bridgehead atoms. The van der Waals surface area contributed by atoms with Gasteiger partial charge in [-0.1, -0.05) is 13.8 Å². The molecule has 0 aromatic heterocycles. The molecule has 5 heteroatoms. The number of carbonyl (C=O) groups is 1. The average molecular weight is 349 g/mol. The number of nitrogens with zero attached hydrogens (tertiary/aromatic N) is 1. The maximum absolute atomic E-state index is 12.6. The number of hydrogen-bond donors (Lipinski definition) is 0. The van der Waals surface area contributed by atoms with Crippen LogP contribution in [0.5, 0.6) is 11.5 Å². The fraction of sp³-hybridized carbons (Fsp3) is 0.650. The average Bonchev–Trinajstić information content (AvgIpc) is 2.59. The van der Waals surface area contributed by atoms with Crippen LogP contribution in [-0.4, -0.2) is 44.2 Å². The van der Waals surface area contributed by atoms with Crippen LogP contribution in [0, 0.1) is 11.8 Å². The van der Waals surface area contributed by atoms with Crippen LogP contribution in [0.4, 0.5) is 4.39 Å². The second kappa shape index (κ2) is 7.73. The molecule has 1 aromatic carbocycles. The number of Topliss-reactive ketones (excluding diaryl/α,β-unsaturated/α-hetero) is 1. The molecule has 2 aliphatic heterocycles. The molecule has 1 saturated heterocycles. The fourth-order valence-corrected chi connectivity index (χ4v) is 4.16. The van der Waals surface area contributed by atoms with Crippen LogP contribution >= 0.6 is 0 Å². The quantitative estimate of drug-likeness (QED) is 0.787. The van der Waals surface area contributed by atoms with Crippen molar-refractivity contribution in [2.45, 2.75) is 39.2 Å². The highest BCUT2D eigenvalue weighted by Gasteiger charge is 2.38. The van der Waals surface area contributed by atoms with E-state index < -0.39 is 6.67 Å². The van der Waals surface area contributed by atoms with Crippen LogP contribution in [0.1, 0.15) is 43.9 Å². The van der Waals surface area contributed by atoms with E-state index in [4.69, 9.17) is 9.47 Å². The van der Waals surface area contributed by atoms with Crippen molar-refractivity contribution in [3.05, 3.63) is 23.3 Å². The summed E-state index contributed by atoms with van der Waals surface area (Å²) in [4.78, 5) is 15.1. The van der Waals surface area contributed by atoms with E-state index in [1.807, 2.05) is 12.1 Å². The molecule has 1 fully saturated rings. The molecule has 2 heterocycles. The molecule has 2 aliphatic rings. The molecule has 0 spiro atoms. The Hall–Kier alpha value is -1.62. The van der Waals surface area contributed by atoms with Crippen molar-refractivity contribution in [1.29, 1.82) is 0 Å². The zero-order chi connectivity index (χ0) is 18.0. The number of alkyl halides is 1. The van der Waals surface area contributed by atoms with E-state index in [0.29, 0.717) is 29.6 Å². The van der Waals surface area contributed by atoms with Gasteiger partial charge in [-0.3, -0.25) is 9.69 Å². The lowest BCUT2D eigenvalue weighted by molar-refractivity contribution is -0.129. The van der Waals surface area contributed by atoms with Gasteiger partial charge in [-0.2, -0.15) is 0 Å². The molecule has 25 heavy (non-hydrogen) atoms. The van der Waals surface area contributed by atoms with Crippen LogP contribution in [0.25, 0.3) is 0 Å². The largest absolute Gasteiger partial charge is 0.493 e. The normalized spacial score (nSPS) is 23.3. The van der Waals surface area contributed by atoms with Crippen molar-refractivity contribution < 1.29 is 18.7 Å². The second-order valence-corrected chi connectivity index (χ2v) is 7.50. The number of methoxy groups -OCH3 is 1. The molecule has 4 nitrogen and oxygen atoms in total. The van der Waals surface area contributed by atoms with Gasteiger partial charge >= 0.3 is 0 Å². The van der Waals surface area contributed by atoms with Crippen molar-refractivity contribution in [3.8, 4) is 11.5 Å². The third-order valence-corrected chi connectivity index (χ3v) is 5.29. The number of fused-ring (bicyclic) bond motifs is 3. The summed E-state index contributed by atoms with van der Waals surface area (Å²) in [7, 11) is 1.59. The van der Waals surface area contributed by atoms with Crippen LogP contribution in [-0.2, 0) is 11.2 Å². The van der Waals surface area contributed by atoms with Crippen molar-refractivity contribution in [3.63, 3.8) is 0 Å². The van der Waals surface area contributed by atoms with E-state index in [1.54, 1.807) is 7.11 Å². The lowest BCUT2D eigenvalue weighted by Crippen LogP contribution is -2.46. The Morgan fingerprint density at radius 3 is 2.80 bits per heavy atom. The van der Waals surface area contributed by atoms with Gasteiger partial charge in [0.1, 0.15) is 19.1 Å². The van der Waals surface area contributed by atoms with Crippen LogP contribution < -0.4 is 9.47 Å². The number of ether oxygens (including phenoxy) is 2. The third-order valence-electron chi connectivity index (χ3n) is 5.29. The molecule has 1 aromatic rings. The summed E-state index contributed by atoms with van der Waals surface area (Å²) in [5, 5.41) is 0. The summed E-state index contributed by atoms with van der Waals surface area (Å²) in [5.74, 6) is 2.28. The monoisotopic (exact) mass is 349 g/mol. The summed E-state index contributed by atoms with van der Waals surface area (Å²) in [6, 6.07) is 4.07. The molecule has 0 N–H and O–H groups in total. The number of rotatable bonds is 6. The van der Waals surface area contributed by atoms with E-state index in [9.17, 15) is 9.18 Å². The molecular formula is C20H28FNO3. The van der Waals surface area contributed by atoms with Gasteiger partial charge in [-0.25, -0.2) is 4.39 Å².